The summed E-state index contributed by atoms with van der Waals surface area (Å²) in [5, 5.41) is 3.96. The number of benzene rings is 2. The van der Waals surface area contributed by atoms with Gasteiger partial charge in [0.1, 0.15) is 5.82 Å². The molecule has 2 aromatic carbocycles. The Morgan fingerprint density at radius 1 is 1.15 bits per heavy atom. The molecule has 0 bridgehead atoms. The molecule has 33 heavy (non-hydrogen) atoms. The first kappa shape index (κ1) is 23.2. The van der Waals surface area contributed by atoms with E-state index in [1.165, 1.54) is 12.1 Å². The maximum absolute atomic E-state index is 14.2. The number of nitrogens with one attached hydrogen (secondary N) is 1. The molecule has 0 amide bonds. The summed E-state index contributed by atoms with van der Waals surface area (Å²) in [6.45, 7) is 5.99. The molecule has 0 spiro atoms. The van der Waals surface area contributed by atoms with Crippen molar-refractivity contribution in [1.82, 2.24) is 5.32 Å². The molecule has 6 heteroatoms. The van der Waals surface area contributed by atoms with Crippen molar-refractivity contribution in [2.24, 2.45) is 5.92 Å². The van der Waals surface area contributed by atoms with Gasteiger partial charge in [0.25, 0.3) is 0 Å². The lowest BCUT2D eigenvalue weighted by atomic mass is 9.71. The van der Waals surface area contributed by atoms with E-state index in [4.69, 9.17) is 16.3 Å². The van der Waals surface area contributed by atoms with Gasteiger partial charge in [-0.05, 0) is 60.6 Å². The van der Waals surface area contributed by atoms with Crippen molar-refractivity contribution in [2.75, 3.05) is 6.61 Å². The van der Waals surface area contributed by atoms with Crippen LogP contribution in [0.5, 0.6) is 0 Å². The first-order valence-electron chi connectivity index (χ1n) is 11.2. The summed E-state index contributed by atoms with van der Waals surface area (Å²) in [6.07, 6.45) is 0.918. The van der Waals surface area contributed by atoms with Gasteiger partial charge in [-0.2, -0.15) is 0 Å². The monoisotopic (exact) mass is 467 g/mol. The third-order valence-corrected chi connectivity index (χ3v) is 6.37. The zero-order valence-electron chi connectivity index (χ0n) is 19.0. The third kappa shape index (κ3) is 4.88. The fourth-order valence-corrected chi connectivity index (χ4v) is 4.75. The first-order chi connectivity index (χ1) is 15.7. The van der Waals surface area contributed by atoms with Crippen molar-refractivity contribution >= 4 is 23.4 Å². The molecule has 1 heterocycles. The summed E-state index contributed by atoms with van der Waals surface area (Å²) in [5.74, 6) is -1.46. The number of carbonyl (C=O) groups excluding carboxylic acids is 2. The van der Waals surface area contributed by atoms with Crippen LogP contribution in [0.25, 0.3) is 0 Å². The summed E-state index contributed by atoms with van der Waals surface area (Å²) in [6, 6.07) is 13.6. The summed E-state index contributed by atoms with van der Waals surface area (Å²) >= 11 is 6.03. The van der Waals surface area contributed by atoms with E-state index in [-0.39, 0.29) is 24.2 Å². The molecule has 2 atom stereocenters. The van der Waals surface area contributed by atoms with Gasteiger partial charge in [-0.3, -0.25) is 4.79 Å². The second-order valence-electron chi connectivity index (χ2n) is 9.12. The molecule has 2 aromatic rings. The van der Waals surface area contributed by atoms with Crippen molar-refractivity contribution in [3.8, 4) is 0 Å². The predicted molar refractivity (Wildman–Crippen MR) is 126 cm³/mol. The van der Waals surface area contributed by atoms with Gasteiger partial charge in [-0.1, -0.05) is 49.7 Å². The molecular formula is C27H27ClFNO3. The summed E-state index contributed by atoms with van der Waals surface area (Å²) in [7, 11) is 0. The standard InChI is InChI=1S/C27H27ClFNO3/c1-15(2)14-33-27(32)24-16(3)30-22-12-19(17-7-9-20(28)10-8-17)13-23(31)26(22)25(24)18-5-4-6-21(29)11-18/h4-11,15,19,25,30H,12-14H2,1-3H3. The van der Waals surface area contributed by atoms with E-state index in [9.17, 15) is 14.0 Å². The number of ether oxygens (including phenoxy) is 1. The molecule has 0 radical (unpaired) electrons. The Hall–Kier alpha value is -2.92. The van der Waals surface area contributed by atoms with E-state index in [1.54, 1.807) is 19.1 Å². The first-order valence-corrected chi connectivity index (χ1v) is 11.5. The number of carbonyl (C=O) groups is 2. The van der Waals surface area contributed by atoms with Crippen molar-refractivity contribution in [2.45, 2.75) is 45.4 Å². The van der Waals surface area contributed by atoms with Gasteiger partial charge in [0, 0.05) is 34.3 Å². The molecular weight excluding hydrogens is 441 g/mol. The van der Waals surface area contributed by atoms with E-state index in [2.05, 4.69) is 5.32 Å². The lowest BCUT2D eigenvalue weighted by molar-refractivity contribution is -0.140. The summed E-state index contributed by atoms with van der Waals surface area (Å²) < 4.78 is 19.7. The van der Waals surface area contributed by atoms with Gasteiger partial charge < -0.3 is 10.1 Å². The Bertz CT molecular complexity index is 1150. The Kier molecular flexibility index (Phi) is 6.71. The molecule has 1 N–H and O–H groups in total. The Morgan fingerprint density at radius 3 is 2.55 bits per heavy atom. The molecule has 1 aliphatic heterocycles. The van der Waals surface area contributed by atoms with Crippen LogP contribution in [0.1, 0.15) is 56.6 Å². The molecule has 4 nitrogen and oxygen atoms in total. The molecule has 2 unspecified atom stereocenters. The second kappa shape index (κ2) is 9.52. The zero-order valence-corrected chi connectivity index (χ0v) is 19.7. The number of hydrogen-bond donors (Lipinski definition) is 1. The summed E-state index contributed by atoms with van der Waals surface area (Å²) in [5.41, 5.74) is 3.89. The summed E-state index contributed by atoms with van der Waals surface area (Å²) in [4.78, 5) is 26.6. The SMILES string of the molecule is CC1=C(C(=O)OCC(C)C)C(c2cccc(F)c2)C2=C(CC(c3ccc(Cl)cc3)CC2=O)N1. The fourth-order valence-electron chi connectivity index (χ4n) is 4.62. The van der Waals surface area contributed by atoms with Crippen LogP contribution in [0.3, 0.4) is 0 Å². The number of ketones is 1. The highest BCUT2D eigenvalue weighted by atomic mass is 35.5. The van der Waals surface area contributed by atoms with Crippen LogP contribution in [-0.4, -0.2) is 18.4 Å². The van der Waals surface area contributed by atoms with Crippen LogP contribution in [-0.2, 0) is 14.3 Å². The number of rotatable bonds is 5. The topological polar surface area (TPSA) is 55.4 Å². The van der Waals surface area contributed by atoms with Crippen LogP contribution in [0.2, 0.25) is 5.02 Å². The normalized spacial score (nSPS) is 20.6. The van der Waals surface area contributed by atoms with Crippen molar-refractivity contribution < 1.29 is 18.7 Å². The van der Waals surface area contributed by atoms with Gasteiger partial charge in [-0.15, -0.1) is 0 Å². The number of halogens is 2. The maximum Gasteiger partial charge on any atom is 0.336 e. The molecule has 2 aliphatic rings. The number of dihydropyridines is 1. The molecule has 0 aromatic heterocycles. The molecule has 172 valence electrons. The number of hydrogen-bond acceptors (Lipinski definition) is 4. The minimum Gasteiger partial charge on any atom is -0.462 e. The third-order valence-electron chi connectivity index (χ3n) is 6.12. The lowest BCUT2D eigenvalue weighted by Crippen LogP contribution is -2.36. The highest BCUT2D eigenvalue weighted by Gasteiger charge is 2.41. The molecule has 0 saturated carbocycles. The van der Waals surface area contributed by atoms with Crippen LogP contribution in [0.15, 0.2) is 71.1 Å². The Morgan fingerprint density at radius 2 is 1.88 bits per heavy atom. The van der Waals surface area contributed by atoms with Crippen molar-refractivity contribution in [3.05, 3.63) is 93.0 Å². The second-order valence-corrected chi connectivity index (χ2v) is 9.55. The zero-order chi connectivity index (χ0) is 23.7. The largest absolute Gasteiger partial charge is 0.462 e. The van der Waals surface area contributed by atoms with Gasteiger partial charge >= 0.3 is 5.97 Å². The Labute approximate surface area is 198 Å². The molecule has 4 rings (SSSR count). The highest BCUT2D eigenvalue weighted by Crippen LogP contribution is 2.45. The predicted octanol–water partition coefficient (Wildman–Crippen LogP) is 6.04. The minimum absolute atomic E-state index is 0.00332. The number of allylic oxidation sites excluding steroid dienone is 3. The van der Waals surface area contributed by atoms with Crippen LogP contribution in [0, 0.1) is 11.7 Å². The van der Waals surface area contributed by atoms with Crippen molar-refractivity contribution in [3.63, 3.8) is 0 Å². The van der Waals surface area contributed by atoms with E-state index < -0.39 is 17.7 Å². The van der Waals surface area contributed by atoms with Gasteiger partial charge in [-0.25, -0.2) is 9.18 Å². The molecule has 0 saturated heterocycles. The highest BCUT2D eigenvalue weighted by molar-refractivity contribution is 6.30. The quantitative estimate of drug-likeness (QED) is 0.544. The van der Waals surface area contributed by atoms with Gasteiger partial charge in [0.15, 0.2) is 5.78 Å². The maximum atomic E-state index is 14.2. The fraction of sp³-hybridized carbons (Fsp3) is 0.333. The lowest BCUT2D eigenvalue weighted by Gasteiger charge is -2.36. The number of Topliss-reactive ketones (excluding diaryl/α,β-unsaturated/α-hetero) is 1. The Balaban J connectivity index is 1.76. The smallest absolute Gasteiger partial charge is 0.336 e. The number of esters is 1. The van der Waals surface area contributed by atoms with Crippen LogP contribution < -0.4 is 5.32 Å². The van der Waals surface area contributed by atoms with E-state index in [1.807, 2.05) is 38.1 Å². The van der Waals surface area contributed by atoms with Gasteiger partial charge in [0.05, 0.1) is 12.2 Å². The molecule has 0 fully saturated rings. The van der Waals surface area contributed by atoms with Crippen LogP contribution >= 0.6 is 11.6 Å². The van der Waals surface area contributed by atoms with Crippen LogP contribution in [0.4, 0.5) is 4.39 Å². The van der Waals surface area contributed by atoms with Crippen molar-refractivity contribution in [1.29, 1.82) is 0 Å². The average molecular weight is 468 g/mol. The molecule has 1 aliphatic carbocycles. The van der Waals surface area contributed by atoms with E-state index in [0.717, 1.165) is 11.3 Å². The van der Waals surface area contributed by atoms with Gasteiger partial charge in [0.2, 0.25) is 0 Å². The van der Waals surface area contributed by atoms with E-state index >= 15 is 0 Å². The average Bonchev–Trinajstić information content (AvgIpc) is 2.76. The minimum atomic E-state index is -0.671. The van der Waals surface area contributed by atoms with E-state index in [0.29, 0.717) is 40.3 Å².